The summed E-state index contributed by atoms with van der Waals surface area (Å²) in [5, 5.41) is 0. The van der Waals surface area contributed by atoms with Crippen LogP contribution in [-0.2, 0) is 9.47 Å². The van der Waals surface area contributed by atoms with Gasteiger partial charge in [0.25, 0.3) is 0 Å². The molecular formula is C8H15O2. The maximum Gasteiger partial charge on any atom is 0.165 e. The van der Waals surface area contributed by atoms with Crippen molar-refractivity contribution >= 4 is 0 Å². The molecule has 10 heavy (non-hydrogen) atoms. The highest BCUT2D eigenvalue weighted by atomic mass is 16.7. The molecule has 0 aromatic rings. The Bertz CT molecular complexity index is 95.4. The van der Waals surface area contributed by atoms with Crippen molar-refractivity contribution in [3.63, 3.8) is 0 Å². The Morgan fingerprint density at radius 3 is 2.50 bits per heavy atom. The predicted octanol–water partition coefficient (Wildman–Crippen LogP) is 1.75. The average Bonchev–Trinajstić information content (AvgIpc) is 2.33. The second-order valence-electron chi connectivity index (χ2n) is 2.78. The fourth-order valence-corrected chi connectivity index (χ4v) is 1.11. The minimum absolute atomic E-state index is 0.285. The molecule has 1 radical (unpaired) electrons. The van der Waals surface area contributed by atoms with Gasteiger partial charge in [0.1, 0.15) is 0 Å². The topological polar surface area (TPSA) is 18.5 Å². The van der Waals surface area contributed by atoms with E-state index in [0.29, 0.717) is 0 Å². The number of unbranched alkanes of at least 4 members (excludes halogenated alkanes) is 1. The second-order valence-corrected chi connectivity index (χ2v) is 2.78. The van der Waals surface area contributed by atoms with Crippen LogP contribution in [0.2, 0.25) is 0 Å². The van der Waals surface area contributed by atoms with Crippen molar-refractivity contribution in [1.29, 1.82) is 0 Å². The lowest BCUT2D eigenvalue weighted by Crippen LogP contribution is -2.24. The van der Waals surface area contributed by atoms with E-state index in [4.69, 9.17) is 9.47 Å². The quantitative estimate of drug-likeness (QED) is 0.599. The Morgan fingerprint density at radius 1 is 1.40 bits per heavy atom. The van der Waals surface area contributed by atoms with Gasteiger partial charge in [0.05, 0.1) is 13.2 Å². The summed E-state index contributed by atoms with van der Waals surface area (Å²) in [6.07, 6.45) is 4.18. The summed E-state index contributed by atoms with van der Waals surface area (Å²) in [7, 11) is 0. The smallest absolute Gasteiger partial charge is 0.165 e. The standard InChI is InChI=1S/C8H15O2/c1-3-4-5-8(2)9-6-7-10-8/h3H,4-7H2,1-2H3. The zero-order valence-electron chi connectivity index (χ0n) is 6.72. The van der Waals surface area contributed by atoms with Gasteiger partial charge in [-0.1, -0.05) is 6.92 Å². The van der Waals surface area contributed by atoms with Crippen LogP contribution in [0.3, 0.4) is 0 Å². The molecule has 1 heterocycles. The highest BCUT2D eigenvalue weighted by Gasteiger charge is 2.29. The number of rotatable bonds is 3. The van der Waals surface area contributed by atoms with Crippen molar-refractivity contribution < 1.29 is 9.47 Å². The van der Waals surface area contributed by atoms with Crippen LogP contribution in [0.1, 0.15) is 26.7 Å². The van der Waals surface area contributed by atoms with E-state index < -0.39 is 0 Å². The van der Waals surface area contributed by atoms with Gasteiger partial charge < -0.3 is 9.47 Å². The second kappa shape index (κ2) is 3.35. The summed E-state index contributed by atoms with van der Waals surface area (Å²) in [5.74, 6) is -0.285. The lowest BCUT2D eigenvalue weighted by molar-refractivity contribution is -0.146. The Hall–Kier alpha value is -0.0800. The zero-order chi connectivity index (χ0) is 7.45. The first kappa shape index (κ1) is 8.02. The van der Waals surface area contributed by atoms with Gasteiger partial charge in [-0.05, 0) is 19.8 Å². The lowest BCUT2D eigenvalue weighted by Gasteiger charge is -2.21. The number of ether oxygens (including phenoxy) is 2. The summed E-state index contributed by atoms with van der Waals surface area (Å²) in [5.41, 5.74) is 0. The Morgan fingerprint density at radius 2 is 2.00 bits per heavy atom. The third-order valence-corrected chi connectivity index (χ3v) is 1.79. The monoisotopic (exact) mass is 143 g/mol. The van der Waals surface area contributed by atoms with Gasteiger partial charge in [0.2, 0.25) is 0 Å². The van der Waals surface area contributed by atoms with Crippen LogP contribution in [0, 0.1) is 6.42 Å². The third kappa shape index (κ3) is 1.96. The lowest BCUT2D eigenvalue weighted by atomic mass is 10.1. The van der Waals surface area contributed by atoms with Gasteiger partial charge in [0, 0.05) is 6.42 Å². The van der Waals surface area contributed by atoms with Crippen LogP contribution < -0.4 is 0 Å². The molecule has 0 N–H and O–H groups in total. The summed E-state index contributed by atoms with van der Waals surface area (Å²) >= 11 is 0. The molecule has 59 valence electrons. The SMILES string of the molecule is C[CH]CCC1(C)OCCO1. The molecule has 0 aliphatic carbocycles. The summed E-state index contributed by atoms with van der Waals surface area (Å²) in [4.78, 5) is 0. The normalized spacial score (nSPS) is 23.4. The van der Waals surface area contributed by atoms with Crippen LogP contribution in [0.25, 0.3) is 0 Å². The van der Waals surface area contributed by atoms with Crippen molar-refractivity contribution in [2.24, 2.45) is 0 Å². The molecule has 0 unspecified atom stereocenters. The zero-order valence-corrected chi connectivity index (χ0v) is 6.72. The molecule has 2 nitrogen and oxygen atoms in total. The van der Waals surface area contributed by atoms with E-state index >= 15 is 0 Å². The molecule has 0 bridgehead atoms. The first-order valence-corrected chi connectivity index (χ1v) is 3.82. The highest BCUT2D eigenvalue weighted by molar-refractivity contribution is 4.71. The maximum absolute atomic E-state index is 5.40. The van der Waals surface area contributed by atoms with Crippen molar-refractivity contribution in [2.45, 2.75) is 32.5 Å². The molecule has 1 aliphatic rings. The van der Waals surface area contributed by atoms with Gasteiger partial charge in [-0.2, -0.15) is 0 Å². The molecule has 0 amide bonds. The molecular weight excluding hydrogens is 128 g/mol. The maximum atomic E-state index is 5.40. The van der Waals surface area contributed by atoms with E-state index in [9.17, 15) is 0 Å². The van der Waals surface area contributed by atoms with E-state index in [1.807, 2.05) is 6.92 Å². The molecule has 0 spiro atoms. The van der Waals surface area contributed by atoms with E-state index in [0.717, 1.165) is 26.1 Å². The Balaban J connectivity index is 2.22. The summed E-state index contributed by atoms with van der Waals surface area (Å²) in [6, 6.07) is 0. The largest absolute Gasteiger partial charge is 0.348 e. The van der Waals surface area contributed by atoms with Gasteiger partial charge in [-0.15, -0.1) is 0 Å². The van der Waals surface area contributed by atoms with Crippen LogP contribution in [-0.4, -0.2) is 19.0 Å². The molecule has 0 atom stereocenters. The predicted molar refractivity (Wildman–Crippen MR) is 39.5 cm³/mol. The minimum Gasteiger partial charge on any atom is -0.348 e. The molecule has 2 heteroatoms. The molecule has 1 aliphatic heterocycles. The van der Waals surface area contributed by atoms with Crippen molar-refractivity contribution in [2.75, 3.05) is 13.2 Å². The van der Waals surface area contributed by atoms with Crippen molar-refractivity contribution in [1.82, 2.24) is 0 Å². The van der Waals surface area contributed by atoms with Crippen molar-refractivity contribution in [3.05, 3.63) is 6.42 Å². The van der Waals surface area contributed by atoms with Crippen LogP contribution >= 0.6 is 0 Å². The summed E-state index contributed by atoms with van der Waals surface area (Å²) < 4.78 is 10.8. The third-order valence-electron chi connectivity index (χ3n) is 1.79. The van der Waals surface area contributed by atoms with Crippen LogP contribution in [0.5, 0.6) is 0 Å². The number of hydrogen-bond donors (Lipinski definition) is 0. The molecule has 0 aromatic heterocycles. The van der Waals surface area contributed by atoms with Gasteiger partial charge in [-0.3, -0.25) is 0 Å². The fourth-order valence-electron chi connectivity index (χ4n) is 1.11. The highest BCUT2D eigenvalue weighted by Crippen LogP contribution is 2.24. The van der Waals surface area contributed by atoms with Gasteiger partial charge in [-0.25, -0.2) is 0 Å². The van der Waals surface area contributed by atoms with E-state index in [1.165, 1.54) is 0 Å². The molecule has 1 saturated heterocycles. The summed E-state index contributed by atoms with van der Waals surface area (Å²) in [6.45, 7) is 5.56. The van der Waals surface area contributed by atoms with E-state index in [2.05, 4.69) is 13.3 Å². The molecule has 0 aromatic carbocycles. The van der Waals surface area contributed by atoms with Gasteiger partial charge in [0.15, 0.2) is 5.79 Å². The minimum atomic E-state index is -0.285. The first-order chi connectivity index (χ1) is 4.77. The Kier molecular flexibility index (Phi) is 2.69. The van der Waals surface area contributed by atoms with Crippen LogP contribution in [0.4, 0.5) is 0 Å². The van der Waals surface area contributed by atoms with Crippen molar-refractivity contribution in [3.8, 4) is 0 Å². The first-order valence-electron chi connectivity index (χ1n) is 3.82. The Labute approximate surface area is 62.5 Å². The van der Waals surface area contributed by atoms with E-state index in [1.54, 1.807) is 0 Å². The molecule has 1 fully saturated rings. The van der Waals surface area contributed by atoms with Gasteiger partial charge >= 0.3 is 0 Å². The van der Waals surface area contributed by atoms with E-state index in [-0.39, 0.29) is 5.79 Å². The van der Waals surface area contributed by atoms with Crippen LogP contribution in [0.15, 0.2) is 0 Å². The fraction of sp³-hybridized carbons (Fsp3) is 0.875. The number of hydrogen-bond acceptors (Lipinski definition) is 2. The molecule has 0 saturated carbocycles. The molecule has 1 rings (SSSR count). The average molecular weight is 143 g/mol.